The molecule has 12 heavy (non-hydrogen) atoms. The van der Waals surface area contributed by atoms with Gasteiger partial charge in [0.1, 0.15) is 5.82 Å². The summed E-state index contributed by atoms with van der Waals surface area (Å²) in [7, 11) is 0. The van der Waals surface area contributed by atoms with Gasteiger partial charge in [-0.3, -0.25) is 0 Å². The molecule has 0 saturated carbocycles. The van der Waals surface area contributed by atoms with Crippen LogP contribution in [0.1, 0.15) is 5.56 Å². The molecule has 1 nitrogen and oxygen atoms in total. The largest absolute Gasteiger partial charge is 0.378 e. The molecule has 0 aliphatic carbocycles. The quantitative estimate of drug-likeness (QED) is 0.825. The van der Waals surface area contributed by atoms with E-state index < -0.39 is 0 Å². The molecule has 0 heterocycles. The second kappa shape index (κ2) is 4.52. The Morgan fingerprint density at radius 3 is 3.00 bits per heavy atom. The summed E-state index contributed by atoms with van der Waals surface area (Å²) in [6.45, 7) is 0.543. The monoisotopic (exact) mass is 247 g/mol. The van der Waals surface area contributed by atoms with Crippen LogP contribution in [-0.2, 0) is 6.54 Å². The summed E-state index contributed by atoms with van der Waals surface area (Å²) in [5.74, 6) is -0.237. The van der Waals surface area contributed by atoms with Gasteiger partial charge in [0.25, 0.3) is 0 Å². The fourth-order valence-electron chi connectivity index (χ4n) is 0.830. The highest BCUT2D eigenvalue weighted by Crippen LogP contribution is 2.17. The van der Waals surface area contributed by atoms with Crippen molar-refractivity contribution in [2.45, 2.75) is 6.54 Å². The summed E-state index contributed by atoms with van der Waals surface area (Å²) in [5, 5.41) is 2.83. The van der Waals surface area contributed by atoms with Crippen molar-refractivity contribution in [1.29, 1.82) is 0 Å². The molecule has 0 saturated heterocycles. The zero-order valence-electron chi connectivity index (χ0n) is 6.18. The molecular weight excluding hydrogens is 241 g/mol. The van der Waals surface area contributed by atoms with Crippen molar-refractivity contribution >= 4 is 33.6 Å². The molecule has 1 N–H and O–H groups in total. The van der Waals surface area contributed by atoms with Crippen molar-refractivity contribution in [2.24, 2.45) is 0 Å². The molecule has 1 rings (SSSR count). The van der Waals surface area contributed by atoms with Gasteiger partial charge in [-0.1, -0.05) is 28.1 Å². The Kier molecular flexibility index (Phi) is 3.62. The van der Waals surface area contributed by atoms with Crippen LogP contribution in [0.4, 0.5) is 4.39 Å². The fraction of sp³-hybridized carbons (Fsp3) is 0.125. The minimum atomic E-state index is -0.237. The highest BCUT2D eigenvalue weighted by Gasteiger charge is 1.99. The number of hydrogen-bond donors (Lipinski definition) is 1. The van der Waals surface area contributed by atoms with Crippen molar-refractivity contribution < 1.29 is 4.39 Å². The number of benzene rings is 1. The Balaban J connectivity index is 2.82. The predicted octanol–water partition coefficient (Wildman–Crippen LogP) is 2.64. The lowest BCUT2D eigenvalue weighted by Gasteiger charge is -2.03. The highest BCUT2D eigenvalue weighted by atomic mass is 79.9. The standard InChI is InChI=1S/C8H7BrFNS/c9-8-2-1-7(10)3-6(8)4-11-5-12/h1-3,5H,4H2,(H,11,12). The van der Waals surface area contributed by atoms with Crippen molar-refractivity contribution in [3.05, 3.63) is 34.1 Å². The van der Waals surface area contributed by atoms with Crippen LogP contribution in [0.5, 0.6) is 0 Å². The summed E-state index contributed by atoms with van der Waals surface area (Å²) in [6, 6.07) is 4.55. The lowest BCUT2D eigenvalue weighted by atomic mass is 10.2. The molecule has 1 aromatic rings. The van der Waals surface area contributed by atoms with Gasteiger partial charge in [-0.05, 0) is 23.8 Å². The summed E-state index contributed by atoms with van der Waals surface area (Å²) in [5.41, 5.74) is 2.27. The third-order valence-electron chi connectivity index (χ3n) is 1.38. The zero-order valence-corrected chi connectivity index (χ0v) is 8.58. The average molecular weight is 248 g/mol. The van der Waals surface area contributed by atoms with E-state index in [1.807, 2.05) is 0 Å². The van der Waals surface area contributed by atoms with Gasteiger partial charge in [-0.25, -0.2) is 4.39 Å². The Labute approximate surface area is 84.1 Å². The van der Waals surface area contributed by atoms with Gasteiger partial charge in [0.05, 0.1) is 5.49 Å². The summed E-state index contributed by atoms with van der Waals surface area (Å²) in [4.78, 5) is 0. The minimum Gasteiger partial charge on any atom is -0.378 e. The van der Waals surface area contributed by atoms with Crippen LogP contribution in [0.2, 0.25) is 0 Å². The minimum absolute atomic E-state index is 0.237. The number of hydrogen-bond acceptors (Lipinski definition) is 1. The molecule has 0 fully saturated rings. The lowest BCUT2D eigenvalue weighted by molar-refractivity contribution is 0.624. The normalized spacial score (nSPS) is 9.50. The number of nitrogens with one attached hydrogen (secondary N) is 1. The molecule has 1 aromatic carbocycles. The molecule has 0 aliphatic heterocycles. The van der Waals surface area contributed by atoms with Crippen molar-refractivity contribution in [3.8, 4) is 0 Å². The van der Waals surface area contributed by atoms with Crippen LogP contribution in [-0.4, -0.2) is 5.49 Å². The van der Waals surface area contributed by atoms with Crippen molar-refractivity contribution in [1.82, 2.24) is 5.32 Å². The molecule has 0 aliphatic rings. The van der Waals surface area contributed by atoms with Gasteiger partial charge >= 0.3 is 0 Å². The molecule has 4 heteroatoms. The molecular formula is C8H7BrFNS. The predicted molar refractivity (Wildman–Crippen MR) is 54.6 cm³/mol. The van der Waals surface area contributed by atoms with E-state index in [0.717, 1.165) is 10.0 Å². The van der Waals surface area contributed by atoms with E-state index in [0.29, 0.717) is 6.54 Å². The maximum absolute atomic E-state index is 12.7. The van der Waals surface area contributed by atoms with Gasteiger partial charge < -0.3 is 5.32 Å². The van der Waals surface area contributed by atoms with E-state index >= 15 is 0 Å². The summed E-state index contributed by atoms with van der Waals surface area (Å²) in [6.07, 6.45) is 0. The molecule has 0 amide bonds. The van der Waals surface area contributed by atoms with Crippen LogP contribution >= 0.6 is 28.1 Å². The second-order valence-corrected chi connectivity index (χ2v) is 3.32. The van der Waals surface area contributed by atoms with Crippen LogP contribution < -0.4 is 5.32 Å². The van der Waals surface area contributed by atoms with Gasteiger partial charge in [-0.15, -0.1) is 0 Å². The molecule has 0 spiro atoms. The molecule has 0 bridgehead atoms. The first kappa shape index (κ1) is 9.61. The van der Waals surface area contributed by atoms with E-state index in [-0.39, 0.29) is 5.82 Å². The first-order chi connectivity index (χ1) is 5.74. The highest BCUT2D eigenvalue weighted by molar-refractivity contribution is 9.10. The van der Waals surface area contributed by atoms with E-state index in [1.54, 1.807) is 6.07 Å². The Hall–Kier alpha value is -0.480. The first-order valence-corrected chi connectivity index (χ1v) is 4.61. The molecule has 0 aromatic heterocycles. The topological polar surface area (TPSA) is 12.0 Å². The maximum Gasteiger partial charge on any atom is 0.123 e. The third-order valence-corrected chi connectivity index (χ3v) is 2.32. The van der Waals surface area contributed by atoms with Gasteiger partial charge in [0.15, 0.2) is 0 Å². The van der Waals surface area contributed by atoms with E-state index in [1.165, 1.54) is 17.6 Å². The molecule has 64 valence electrons. The SMILES string of the molecule is Fc1ccc(Br)c(CNC=S)c1. The lowest BCUT2D eigenvalue weighted by Crippen LogP contribution is -2.09. The van der Waals surface area contributed by atoms with Crippen LogP contribution in [0.15, 0.2) is 22.7 Å². The van der Waals surface area contributed by atoms with Crippen molar-refractivity contribution in [3.63, 3.8) is 0 Å². The van der Waals surface area contributed by atoms with Crippen LogP contribution in [0.25, 0.3) is 0 Å². The van der Waals surface area contributed by atoms with E-state index in [9.17, 15) is 4.39 Å². The molecule has 0 unspecified atom stereocenters. The molecule has 0 atom stereocenters. The smallest absolute Gasteiger partial charge is 0.123 e. The van der Waals surface area contributed by atoms with E-state index in [2.05, 4.69) is 33.5 Å². The average Bonchev–Trinajstić information content (AvgIpc) is 2.07. The fourth-order valence-corrected chi connectivity index (χ4v) is 1.30. The van der Waals surface area contributed by atoms with Gasteiger partial charge in [-0.2, -0.15) is 0 Å². The summed E-state index contributed by atoms with van der Waals surface area (Å²) >= 11 is 7.89. The Morgan fingerprint density at radius 2 is 2.33 bits per heavy atom. The van der Waals surface area contributed by atoms with Gasteiger partial charge in [0.2, 0.25) is 0 Å². The number of thiocarbonyl (C=S) groups is 1. The molecule has 0 radical (unpaired) electrons. The van der Waals surface area contributed by atoms with Crippen LogP contribution in [0.3, 0.4) is 0 Å². The second-order valence-electron chi connectivity index (χ2n) is 2.23. The van der Waals surface area contributed by atoms with E-state index in [4.69, 9.17) is 0 Å². The first-order valence-electron chi connectivity index (χ1n) is 3.35. The van der Waals surface area contributed by atoms with Crippen LogP contribution in [0, 0.1) is 5.82 Å². The number of rotatable bonds is 3. The van der Waals surface area contributed by atoms with Gasteiger partial charge in [0, 0.05) is 11.0 Å². The summed E-state index contributed by atoms with van der Waals surface area (Å²) < 4.78 is 13.6. The Bertz CT molecular complexity index is 290. The maximum atomic E-state index is 12.7. The zero-order chi connectivity index (χ0) is 8.97. The van der Waals surface area contributed by atoms with Crippen molar-refractivity contribution in [2.75, 3.05) is 0 Å². The third kappa shape index (κ3) is 2.53. The Morgan fingerprint density at radius 1 is 1.58 bits per heavy atom. The number of halogens is 2.